The van der Waals surface area contributed by atoms with E-state index in [0.29, 0.717) is 0 Å². The zero-order chi connectivity index (χ0) is 10.0. The minimum absolute atomic E-state index is 0.0975. The number of benzene rings is 1. The Labute approximate surface area is 73.1 Å². The maximum absolute atomic E-state index is 12.6. The van der Waals surface area contributed by atoms with Crippen molar-refractivity contribution in [2.45, 2.75) is 6.42 Å². The minimum atomic E-state index is -1.10. The second kappa shape index (κ2) is 3.51. The molecule has 0 aliphatic rings. The monoisotopic (exact) mass is 188 g/mol. The van der Waals surface area contributed by atoms with Crippen LogP contribution in [0.5, 0.6) is 5.75 Å². The highest BCUT2D eigenvalue weighted by atomic mass is 19.1. The van der Waals surface area contributed by atoms with Crippen LogP contribution in [0.15, 0.2) is 24.5 Å². The summed E-state index contributed by atoms with van der Waals surface area (Å²) in [4.78, 5) is 0. The summed E-state index contributed by atoms with van der Waals surface area (Å²) < 4.78 is 37.5. The van der Waals surface area contributed by atoms with Crippen molar-refractivity contribution in [3.63, 3.8) is 0 Å². The summed E-state index contributed by atoms with van der Waals surface area (Å²) in [6, 6.07) is 1.73. The quantitative estimate of drug-likeness (QED) is 0.756. The molecule has 0 radical (unpaired) electrons. The maximum atomic E-state index is 12.6. The summed E-state index contributed by atoms with van der Waals surface area (Å²) in [6.07, 6.45) is -0.256. The number of halogens is 3. The van der Waals surface area contributed by atoms with Gasteiger partial charge in [-0.05, 0) is 17.7 Å². The first kappa shape index (κ1) is 9.64. The van der Waals surface area contributed by atoms with Gasteiger partial charge in [0.25, 0.3) is 0 Å². The Morgan fingerprint density at radius 3 is 2.15 bits per heavy atom. The number of hydrogen-bond donors (Lipinski definition) is 1. The van der Waals surface area contributed by atoms with Gasteiger partial charge in [0, 0.05) is 6.42 Å². The van der Waals surface area contributed by atoms with Crippen molar-refractivity contribution in [3.8, 4) is 5.75 Å². The van der Waals surface area contributed by atoms with Crippen molar-refractivity contribution in [2.24, 2.45) is 0 Å². The highest BCUT2D eigenvalue weighted by Gasteiger charge is 2.09. The number of rotatable bonds is 2. The van der Waals surface area contributed by atoms with Gasteiger partial charge in [0.05, 0.1) is 5.83 Å². The van der Waals surface area contributed by atoms with Crippen molar-refractivity contribution in [1.82, 2.24) is 0 Å². The molecule has 0 atom stereocenters. The van der Waals surface area contributed by atoms with E-state index < -0.39 is 23.2 Å². The molecule has 1 N–H and O–H groups in total. The highest BCUT2D eigenvalue weighted by Crippen LogP contribution is 2.22. The molecule has 0 fully saturated rings. The molecular formula is C9H7F3O. The zero-order valence-corrected chi connectivity index (χ0v) is 6.65. The molecule has 0 heterocycles. The van der Waals surface area contributed by atoms with Crippen LogP contribution in [0.4, 0.5) is 13.2 Å². The molecule has 0 aliphatic carbocycles. The van der Waals surface area contributed by atoms with Crippen molar-refractivity contribution < 1.29 is 18.3 Å². The third kappa shape index (κ3) is 2.24. The van der Waals surface area contributed by atoms with Gasteiger partial charge in [-0.25, -0.2) is 13.2 Å². The fourth-order valence-corrected chi connectivity index (χ4v) is 0.942. The highest BCUT2D eigenvalue weighted by molar-refractivity contribution is 5.31. The lowest BCUT2D eigenvalue weighted by Gasteiger charge is -2.01. The van der Waals surface area contributed by atoms with Crippen LogP contribution in [-0.4, -0.2) is 5.11 Å². The normalized spacial score (nSPS) is 10.1. The molecule has 13 heavy (non-hydrogen) atoms. The van der Waals surface area contributed by atoms with E-state index in [1.807, 2.05) is 0 Å². The van der Waals surface area contributed by atoms with Gasteiger partial charge in [0.2, 0.25) is 0 Å². The van der Waals surface area contributed by atoms with E-state index in [1.165, 1.54) is 0 Å². The maximum Gasteiger partial charge on any atom is 0.187 e. The Morgan fingerprint density at radius 2 is 1.77 bits per heavy atom. The van der Waals surface area contributed by atoms with Crippen LogP contribution >= 0.6 is 0 Å². The largest absolute Gasteiger partial charge is 0.503 e. The molecule has 0 amide bonds. The lowest BCUT2D eigenvalue weighted by molar-refractivity contribution is 0.395. The molecule has 1 nitrogen and oxygen atoms in total. The molecule has 0 aliphatic heterocycles. The van der Waals surface area contributed by atoms with Crippen molar-refractivity contribution >= 4 is 0 Å². The zero-order valence-electron chi connectivity index (χ0n) is 6.65. The average Bonchev–Trinajstić information content (AvgIpc) is 1.98. The van der Waals surface area contributed by atoms with Crippen LogP contribution in [0.2, 0.25) is 0 Å². The number of hydrogen-bond acceptors (Lipinski definition) is 1. The number of aromatic hydroxyl groups is 1. The topological polar surface area (TPSA) is 20.2 Å². The van der Waals surface area contributed by atoms with Gasteiger partial charge in [-0.1, -0.05) is 6.58 Å². The summed E-state index contributed by atoms with van der Waals surface area (Å²) in [5.41, 5.74) is 0.0975. The lowest BCUT2D eigenvalue weighted by Crippen LogP contribution is -1.90. The first-order chi connectivity index (χ1) is 6.00. The van der Waals surface area contributed by atoms with E-state index >= 15 is 0 Å². The van der Waals surface area contributed by atoms with Gasteiger partial charge in [0.1, 0.15) is 0 Å². The Bertz CT molecular complexity index is 324. The van der Waals surface area contributed by atoms with E-state index in [-0.39, 0.29) is 12.0 Å². The molecule has 1 aromatic rings. The van der Waals surface area contributed by atoms with Crippen LogP contribution in [0.1, 0.15) is 5.56 Å². The number of phenols is 1. The molecule has 1 aromatic carbocycles. The molecule has 0 spiro atoms. The molecule has 0 bridgehead atoms. The third-order valence-electron chi connectivity index (χ3n) is 1.47. The number of allylic oxidation sites excluding steroid dienone is 1. The summed E-state index contributed by atoms with van der Waals surface area (Å²) in [5.74, 6) is -3.94. The fraction of sp³-hybridized carbons (Fsp3) is 0.111. The summed E-state index contributed by atoms with van der Waals surface area (Å²) in [5, 5.41) is 8.70. The van der Waals surface area contributed by atoms with Gasteiger partial charge < -0.3 is 5.11 Å². The molecule has 70 valence electrons. The van der Waals surface area contributed by atoms with Gasteiger partial charge in [-0.3, -0.25) is 0 Å². The Balaban J connectivity index is 3.06. The first-order valence-electron chi connectivity index (χ1n) is 3.51. The standard InChI is InChI=1S/C9H7F3O/c1-5(10)2-6-3-7(11)9(13)8(12)4-6/h3-4,13H,1-2H2. The van der Waals surface area contributed by atoms with Gasteiger partial charge in [0.15, 0.2) is 17.4 Å². The molecule has 0 unspecified atom stereocenters. The average molecular weight is 188 g/mol. The molecule has 1 rings (SSSR count). The molecule has 0 saturated carbocycles. The molecule has 4 heteroatoms. The summed E-state index contributed by atoms with van der Waals surface area (Å²) >= 11 is 0. The van der Waals surface area contributed by atoms with Crippen LogP contribution in [0, 0.1) is 11.6 Å². The van der Waals surface area contributed by atoms with Gasteiger partial charge >= 0.3 is 0 Å². The molecule has 0 saturated heterocycles. The fourth-order valence-electron chi connectivity index (χ4n) is 0.942. The predicted octanol–water partition coefficient (Wildman–Crippen LogP) is 2.70. The molecule has 0 aromatic heterocycles. The van der Waals surface area contributed by atoms with Crippen LogP contribution in [-0.2, 0) is 6.42 Å². The van der Waals surface area contributed by atoms with Crippen LogP contribution in [0.25, 0.3) is 0 Å². The van der Waals surface area contributed by atoms with E-state index in [1.54, 1.807) is 0 Å². The number of phenolic OH excluding ortho intramolecular Hbond substituents is 1. The Kier molecular flexibility index (Phi) is 2.60. The summed E-state index contributed by atoms with van der Waals surface area (Å²) in [7, 11) is 0. The Morgan fingerprint density at radius 1 is 1.31 bits per heavy atom. The van der Waals surface area contributed by atoms with Gasteiger partial charge in [-0.15, -0.1) is 0 Å². The van der Waals surface area contributed by atoms with Crippen LogP contribution < -0.4 is 0 Å². The lowest BCUT2D eigenvalue weighted by atomic mass is 10.1. The van der Waals surface area contributed by atoms with E-state index in [0.717, 1.165) is 12.1 Å². The smallest absolute Gasteiger partial charge is 0.187 e. The van der Waals surface area contributed by atoms with E-state index in [9.17, 15) is 13.2 Å². The predicted molar refractivity (Wildman–Crippen MR) is 42.0 cm³/mol. The van der Waals surface area contributed by atoms with Crippen LogP contribution in [0.3, 0.4) is 0 Å². The van der Waals surface area contributed by atoms with Gasteiger partial charge in [-0.2, -0.15) is 0 Å². The second-order valence-electron chi connectivity index (χ2n) is 2.60. The SMILES string of the molecule is C=C(F)Cc1cc(F)c(O)c(F)c1. The Hall–Kier alpha value is -1.45. The second-order valence-corrected chi connectivity index (χ2v) is 2.60. The minimum Gasteiger partial charge on any atom is -0.503 e. The van der Waals surface area contributed by atoms with E-state index in [2.05, 4.69) is 6.58 Å². The first-order valence-corrected chi connectivity index (χ1v) is 3.51. The molecular weight excluding hydrogens is 181 g/mol. The van der Waals surface area contributed by atoms with Crippen molar-refractivity contribution in [2.75, 3.05) is 0 Å². The summed E-state index contributed by atoms with van der Waals surface area (Å²) in [6.45, 7) is 2.96. The van der Waals surface area contributed by atoms with E-state index in [4.69, 9.17) is 5.11 Å². The third-order valence-corrected chi connectivity index (χ3v) is 1.47. The van der Waals surface area contributed by atoms with Crippen molar-refractivity contribution in [3.05, 3.63) is 41.7 Å². The van der Waals surface area contributed by atoms with Crippen molar-refractivity contribution in [1.29, 1.82) is 0 Å².